The number of ether oxygens (including phenoxy) is 1. The summed E-state index contributed by atoms with van der Waals surface area (Å²) in [6.45, 7) is 12.8. The van der Waals surface area contributed by atoms with Crippen LogP contribution in [0.4, 0.5) is 5.69 Å². The molecule has 2 aliphatic heterocycles. The molecule has 3 amide bonds. The third kappa shape index (κ3) is 8.76. The number of pyridine rings is 1. The van der Waals surface area contributed by atoms with Crippen LogP contribution in [0.25, 0.3) is 22.4 Å². The minimum Gasteiger partial charge on any atom is -0.496 e. The van der Waals surface area contributed by atoms with Gasteiger partial charge in [-0.05, 0) is 42.8 Å². The zero-order chi connectivity index (χ0) is 39.7. The van der Waals surface area contributed by atoms with Gasteiger partial charge in [0.2, 0.25) is 11.8 Å². The Morgan fingerprint density at radius 2 is 1.84 bits per heavy atom. The van der Waals surface area contributed by atoms with E-state index in [0.29, 0.717) is 83.0 Å². The van der Waals surface area contributed by atoms with Gasteiger partial charge in [0.15, 0.2) is 14.1 Å². The molecule has 0 unspecified atom stereocenters. The number of nitrogens with one attached hydrogen (secondary N) is 3. The summed E-state index contributed by atoms with van der Waals surface area (Å²) in [7, 11) is 1.35. The number of halogens is 2. The topological polar surface area (TPSA) is 140 Å². The van der Waals surface area contributed by atoms with E-state index in [0.717, 1.165) is 23.2 Å². The molecule has 292 valence electrons. The van der Waals surface area contributed by atoms with Crippen LogP contribution in [0.2, 0.25) is 28.2 Å². The molecule has 0 bridgehead atoms. The molecule has 55 heavy (non-hydrogen) atoms. The van der Waals surface area contributed by atoms with Crippen molar-refractivity contribution in [3.63, 3.8) is 0 Å². The molecular weight excluding hydrogens is 757 g/mol. The third-order valence-electron chi connectivity index (χ3n) is 11.0. The van der Waals surface area contributed by atoms with Gasteiger partial charge in [-0.1, -0.05) is 68.2 Å². The second kappa shape index (κ2) is 16.4. The lowest BCUT2D eigenvalue weighted by Gasteiger charge is -2.36. The van der Waals surface area contributed by atoms with Gasteiger partial charge in [-0.2, -0.15) is 0 Å². The molecule has 1 fully saturated rings. The first-order valence-electron chi connectivity index (χ1n) is 18.5. The number of hydrogen-bond donors (Lipinski definition) is 3. The van der Waals surface area contributed by atoms with Crippen LogP contribution in [-0.4, -0.2) is 78.3 Å². The number of rotatable bonds is 12. The molecule has 15 heteroatoms. The lowest BCUT2D eigenvalue weighted by molar-refractivity contribution is -0.134. The van der Waals surface area contributed by atoms with Crippen LogP contribution in [0, 0.1) is 0 Å². The van der Waals surface area contributed by atoms with E-state index >= 15 is 0 Å². The lowest BCUT2D eigenvalue weighted by Crippen LogP contribution is -2.45. The molecular formula is C40H49Cl2N7O5Si. The Hall–Kier alpha value is -4.27. The van der Waals surface area contributed by atoms with E-state index in [9.17, 15) is 14.4 Å². The van der Waals surface area contributed by atoms with Gasteiger partial charge in [0.25, 0.3) is 5.91 Å². The molecule has 4 heterocycles. The van der Waals surface area contributed by atoms with Crippen LogP contribution in [0.3, 0.4) is 0 Å². The molecule has 6 rings (SSSR count). The van der Waals surface area contributed by atoms with Crippen LogP contribution >= 0.6 is 23.2 Å². The second-order valence-corrected chi connectivity index (χ2v) is 21.2. The summed E-state index contributed by atoms with van der Waals surface area (Å²) >= 11 is 14.0. The van der Waals surface area contributed by atoms with E-state index in [-0.39, 0.29) is 35.3 Å². The molecule has 1 saturated heterocycles. The molecule has 3 N–H and O–H groups in total. The highest BCUT2D eigenvalue weighted by molar-refractivity contribution is 6.74. The summed E-state index contributed by atoms with van der Waals surface area (Å²) < 4.78 is 13.7. The highest BCUT2D eigenvalue weighted by Crippen LogP contribution is 2.41. The van der Waals surface area contributed by atoms with Gasteiger partial charge < -0.3 is 34.6 Å². The SMILES string of the molecule is COc1cc(-c2nccc(-c3cccc(NC(=O)c4nc5c(n4C)CCN(C(=O)CO[Si](C)(C)C(C)(C)C)C5)c3Cl)c2Cl)ccc1CNC[C@@H]1CCC(=O)N1. The van der Waals surface area contributed by atoms with E-state index in [1.165, 1.54) is 0 Å². The van der Waals surface area contributed by atoms with Crippen molar-refractivity contribution in [1.29, 1.82) is 0 Å². The number of carbonyl (C=O) groups is 3. The van der Waals surface area contributed by atoms with Crippen molar-refractivity contribution in [2.75, 3.05) is 32.1 Å². The van der Waals surface area contributed by atoms with Crippen molar-refractivity contribution in [3.8, 4) is 28.1 Å². The Balaban J connectivity index is 1.15. The van der Waals surface area contributed by atoms with Crippen LogP contribution < -0.4 is 20.7 Å². The summed E-state index contributed by atoms with van der Waals surface area (Å²) in [4.78, 5) is 49.4. The first-order chi connectivity index (χ1) is 26.1. The predicted molar refractivity (Wildman–Crippen MR) is 218 cm³/mol. The normalized spacial score (nSPS) is 15.8. The molecule has 1 atom stereocenters. The summed E-state index contributed by atoms with van der Waals surface area (Å²) in [5, 5.41) is 10.0. The Labute approximate surface area is 333 Å². The molecule has 2 aromatic heterocycles. The first kappa shape index (κ1) is 40.4. The maximum atomic E-state index is 13.7. The van der Waals surface area contributed by atoms with E-state index in [4.69, 9.17) is 32.4 Å². The Kier molecular flexibility index (Phi) is 12.1. The zero-order valence-electron chi connectivity index (χ0n) is 32.4. The van der Waals surface area contributed by atoms with E-state index < -0.39 is 14.2 Å². The van der Waals surface area contributed by atoms with Gasteiger partial charge in [0.05, 0.1) is 40.8 Å². The van der Waals surface area contributed by atoms with Gasteiger partial charge >= 0.3 is 0 Å². The molecule has 0 saturated carbocycles. The Bertz CT molecular complexity index is 2120. The van der Waals surface area contributed by atoms with Crippen molar-refractivity contribution in [1.82, 2.24) is 30.1 Å². The maximum absolute atomic E-state index is 13.7. The predicted octanol–water partition coefficient (Wildman–Crippen LogP) is 6.99. The van der Waals surface area contributed by atoms with Crippen molar-refractivity contribution < 1.29 is 23.5 Å². The number of amides is 3. The highest BCUT2D eigenvalue weighted by atomic mass is 35.5. The second-order valence-electron chi connectivity index (χ2n) is 15.6. The minimum atomic E-state index is -2.08. The number of anilines is 1. The van der Waals surface area contributed by atoms with Gasteiger partial charge in [-0.25, -0.2) is 4.98 Å². The van der Waals surface area contributed by atoms with E-state index in [1.54, 1.807) is 41.0 Å². The fraction of sp³-hybridized carbons (Fsp3) is 0.425. The van der Waals surface area contributed by atoms with Crippen LogP contribution in [-0.2, 0) is 40.6 Å². The highest BCUT2D eigenvalue weighted by Gasteiger charge is 2.38. The number of benzene rings is 2. The third-order valence-corrected chi connectivity index (χ3v) is 16.2. The minimum absolute atomic E-state index is 0.00000510. The quantitative estimate of drug-likeness (QED) is 0.130. The van der Waals surface area contributed by atoms with E-state index in [1.807, 2.05) is 31.3 Å². The number of methoxy groups -OCH3 is 1. The maximum Gasteiger partial charge on any atom is 0.291 e. The monoisotopic (exact) mass is 805 g/mol. The van der Waals surface area contributed by atoms with Crippen molar-refractivity contribution in [3.05, 3.63) is 81.5 Å². The lowest BCUT2D eigenvalue weighted by atomic mass is 10.0. The fourth-order valence-corrected chi connectivity index (χ4v) is 8.13. The first-order valence-corrected chi connectivity index (χ1v) is 22.1. The summed E-state index contributed by atoms with van der Waals surface area (Å²) in [6.07, 6.45) is 3.63. The van der Waals surface area contributed by atoms with Crippen LogP contribution in [0.5, 0.6) is 5.75 Å². The van der Waals surface area contributed by atoms with Crippen LogP contribution in [0.15, 0.2) is 48.7 Å². The molecule has 0 aliphatic carbocycles. The number of carbonyl (C=O) groups excluding carboxylic acids is 3. The molecule has 4 aromatic rings. The Morgan fingerprint density at radius 3 is 2.55 bits per heavy atom. The molecule has 2 aliphatic rings. The van der Waals surface area contributed by atoms with Crippen molar-refractivity contribution >= 4 is 54.9 Å². The fourth-order valence-electron chi connectivity index (χ4n) is 6.61. The van der Waals surface area contributed by atoms with Crippen LogP contribution in [0.1, 0.15) is 61.2 Å². The number of fused-ring (bicyclic) bond motifs is 1. The average Bonchev–Trinajstić information content (AvgIpc) is 3.72. The number of hydrogen-bond acceptors (Lipinski definition) is 8. The van der Waals surface area contributed by atoms with Gasteiger partial charge in [0, 0.05) is 79.7 Å². The van der Waals surface area contributed by atoms with Crippen molar-refractivity contribution in [2.45, 2.75) is 77.3 Å². The molecule has 0 radical (unpaired) electrons. The van der Waals surface area contributed by atoms with E-state index in [2.05, 4.69) is 59.8 Å². The largest absolute Gasteiger partial charge is 0.496 e. The number of imidazole rings is 1. The molecule has 2 aromatic carbocycles. The summed E-state index contributed by atoms with van der Waals surface area (Å²) in [5.41, 5.74) is 5.53. The molecule has 0 spiro atoms. The molecule has 12 nitrogen and oxygen atoms in total. The number of aromatic nitrogens is 3. The Morgan fingerprint density at radius 1 is 1.07 bits per heavy atom. The summed E-state index contributed by atoms with van der Waals surface area (Å²) in [6, 6.07) is 13.1. The van der Waals surface area contributed by atoms with Gasteiger partial charge in [-0.15, -0.1) is 0 Å². The zero-order valence-corrected chi connectivity index (χ0v) is 35.0. The average molecular weight is 807 g/mol. The summed E-state index contributed by atoms with van der Waals surface area (Å²) in [5.74, 6) is 0.488. The smallest absolute Gasteiger partial charge is 0.291 e. The standard InChI is InChI=1S/C40H49Cl2N7O5Si/c1-40(2,3)55(6,7)54-23-34(51)49-18-16-31-30(22-49)46-38(48(31)4)39(52)47-29-10-8-9-27(35(29)41)28-15-17-44-37(36(28)42)24-11-12-25(32(19-24)53-5)20-43-21-26-13-14-33(50)45-26/h8-12,15,17,19,26,43H,13-14,16,18,20-23H2,1-7H3,(H,45,50)(H,47,52)/t26-/m0/s1. The number of nitrogens with zero attached hydrogens (tertiary/aromatic N) is 4. The van der Waals surface area contributed by atoms with Gasteiger partial charge in [-0.3, -0.25) is 19.4 Å². The van der Waals surface area contributed by atoms with Crippen molar-refractivity contribution in [2.24, 2.45) is 7.05 Å². The van der Waals surface area contributed by atoms with Gasteiger partial charge in [0.1, 0.15) is 12.4 Å².